The van der Waals surface area contributed by atoms with Crippen LogP contribution in [0.5, 0.6) is 0 Å². The molecule has 5 nitrogen and oxygen atoms in total. The summed E-state index contributed by atoms with van der Waals surface area (Å²) in [5.41, 5.74) is 2.57. The van der Waals surface area contributed by atoms with Crippen molar-refractivity contribution >= 4 is 5.95 Å². The van der Waals surface area contributed by atoms with Crippen LogP contribution in [0.2, 0.25) is 0 Å². The minimum Gasteiger partial charge on any atom is -0.345 e. The zero-order valence-corrected chi connectivity index (χ0v) is 12.0. The zero-order valence-electron chi connectivity index (χ0n) is 12.0. The number of rotatable bonds is 4. The predicted molar refractivity (Wildman–Crippen MR) is 82.9 cm³/mol. The lowest BCUT2D eigenvalue weighted by Gasteiger charge is -2.11. The summed E-state index contributed by atoms with van der Waals surface area (Å²) in [5, 5.41) is 15.9. The van der Waals surface area contributed by atoms with Crippen LogP contribution in [-0.2, 0) is 0 Å². The van der Waals surface area contributed by atoms with E-state index in [0.29, 0.717) is 17.4 Å². The van der Waals surface area contributed by atoms with Gasteiger partial charge in [0.2, 0.25) is 0 Å². The molecule has 1 unspecified atom stereocenters. The van der Waals surface area contributed by atoms with E-state index in [1.807, 2.05) is 49.4 Å². The van der Waals surface area contributed by atoms with Gasteiger partial charge in [-0.05, 0) is 41.9 Å². The van der Waals surface area contributed by atoms with Crippen molar-refractivity contribution in [2.75, 3.05) is 5.32 Å². The Morgan fingerprint density at radius 3 is 2.50 bits per heavy atom. The van der Waals surface area contributed by atoms with Gasteiger partial charge in [-0.3, -0.25) is 0 Å². The maximum Gasteiger partial charge on any atom is 0.264 e. The van der Waals surface area contributed by atoms with Gasteiger partial charge in [0, 0.05) is 5.56 Å². The number of nitrogens with one attached hydrogen (secondary N) is 1. The highest BCUT2D eigenvalue weighted by Gasteiger charge is 2.11. The number of benzene rings is 2. The van der Waals surface area contributed by atoms with Crippen LogP contribution in [0.4, 0.5) is 5.95 Å². The van der Waals surface area contributed by atoms with Crippen molar-refractivity contribution in [1.82, 2.24) is 10.1 Å². The maximum absolute atomic E-state index is 8.82. The van der Waals surface area contributed by atoms with Crippen molar-refractivity contribution in [3.8, 4) is 17.5 Å². The Morgan fingerprint density at radius 1 is 1.09 bits per heavy atom. The standard InChI is InChI=1S/C17H14N4O/c1-12(14-9-7-13(11-18)8-10-14)19-17-20-16(22-21-17)15-5-3-2-4-6-15/h2-10,12H,1H3,(H,19,21). The van der Waals surface area contributed by atoms with Crippen molar-refractivity contribution < 1.29 is 4.52 Å². The van der Waals surface area contributed by atoms with Gasteiger partial charge >= 0.3 is 0 Å². The summed E-state index contributed by atoms with van der Waals surface area (Å²) in [4.78, 5) is 4.34. The molecule has 0 amide bonds. The molecule has 1 aromatic heterocycles. The van der Waals surface area contributed by atoms with Crippen molar-refractivity contribution in [3.63, 3.8) is 0 Å². The summed E-state index contributed by atoms with van der Waals surface area (Å²) in [6.45, 7) is 2.00. The third kappa shape index (κ3) is 2.96. The lowest BCUT2D eigenvalue weighted by molar-refractivity contribution is 0.431. The molecule has 5 heteroatoms. The molecule has 1 N–H and O–H groups in total. The normalized spacial score (nSPS) is 11.6. The molecule has 22 heavy (non-hydrogen) atoms. The third-order valence-electron chi connectivity index (χ3n) is 3.33. The lowest BCUT2D eigenvalue weighted by atomic mass is 10.1. The molecule has 0 fully saturated rings. The summed E-state index contributed by atoms with van der Waals surface area (Å²) in [6.07, 6.45) is 0. The molecule has 108 valence electrons. The Hall–Kier alpha value is -3.13. The number of anilines is 1. The Labute approximate surface area is 128 Å². The molecule has 3 rings (SSSR count). The Morgan fingerprint density at radius 2 is 1.82 bits per heavy atom. The van der Waals surface area contributed by atoms with E-state index in [1.165, 1.54) is 0 Å². The van der Waals surface area contributed by atoms with Gasteiger partial charge in [-0.1, -0.05) is 30.3 Å². The summed E-state index contributed by atoms with van der Waals surface area (Å²) in [5.74, 6) is 0.922. The average molecular weight is 290 g/mol. The first-order valence-electron chi connectivity index (χ1n) is 6.92. The molecule has 0 saturated heterocycles. The monoisotopic (exact) mass is 290 g/mol. The predicted octanol–water partition coefficient (Wildman–Crippen LogP) is 3.78. The summed E-state index contributed by atoms with van der Waals surface area (Å²) < 4.78 is 5.26. The van der Waals surface area contributed by atoms with Gasteiger partial charge in [-0.25, -0.2) is 0 Å². The first-order valence-corrected chi connectivity index (χ1v) is 6.92. The van der Waals surface area contributed by atoms with Crippen molar-refractivity contribution in [1.29, 1.82) is 5.26 Å². The van der Waals surface area contributed by atoms with Crippen LogP contribution in [-0.4, -0.2) is 10.1 Å². The fourth-order valence-electron chi connectivity index (χ4n) is 2.10. The highest BCUT2D eigenvalue weighted by molar-refractivity contribution is 5.53. The van der Waals surface area contributed by atoms with Crippen molar-refractivity contribution in [3.05, 3.63) is 65.7 Å². The first kappa shape index (κ1) is 13.8. The molecule has 0 aliphatic heterocycles. The molecule has 0 spiro atoms. The van der Waals surface area contributed by atoms with E-state index in [4.69, 9.17) is 9.78 Å². The SMILES string of the molecule is CC(Nc1noc(-c2ccccc2)n1)c1ccc(C#N)cc1. The Balaban J connectivity index is 1.73. The number of hydrogen-bond acceptors (Lipinski definition) is 5. The van der Waals surface area contributed by atoms with Crippen molar-refractivity contribution in [2.45, 2.75) is 13.0 Å². The fourth-order valence-corrected chi connectivity index (χ4v) is 2.10. The maximum atomic E-state index is 8.82. The second-order valence-electron chi connectivity index (χ2n) is 4.89. The molecular formula is C17H14N4O. The second kappa shape index (κ2) is 6.10. The van der Waals surface area contributed by atoms with E-state index < -0.39 is 0 Å². The van der Waals surface area contributed by atoms with Gasteiger partial charge in [0.25, 0.3) is 11.8 Å². The number of nitrogens with zero attached hydrogens (tertiary/aromatic N) is 3. The van der Waals surface area contributed by atoms with E-state index in [0.717, 1.165) is 11.1 Å². The highest BCUT2D eigenvalue weighted by atomic mass is 16.5. The van der Waals surface area contributed by atoms with Crippen LogP contribution in [0.15, 0.2) is 59.1 Å². The van der Waals surface area contributed by atoms with Crippen LogP contribution < -0.4 is 5.32 Å². The lowest BCUT2D eigenvalue weighted by Crippen LogP contribution is -2.07. The van der Waals surface area contributed by atoms with E-state index in [1.54, 1.807) is 12.1 Å². The molecule has 0 bridgehead atoms. The number of nitriles is 1. The molecule has 1 heterocycles. The van der Waals surface area contributed by atoms with Gasteiger partial charge in [-0.2, -0.15) is 10.2 Å². The van der Waals surface area contributed by atoms with E-state index in [9.17, 15) is 0 Å². The molecule has 0 aliphatic rings. The quantitative estimate of drug-likeness (QED) is 0.791. The summed E-state index contributed by atoms with van der Waals surface area (Å²) in [6, 6.07) is 19.1. The van der Waals surface area contributed by atoms with Gasteiger partial charge in [-0.15, -0.1) is 0 Å². The molecular weight excluding hydrogens is 276 g/mol. The smallest absolute Gasteiger partial charge is 0.264 e. The van der Waals surface area contributed by atoms with E-state index in [2.05, 4.69) is 21.5 Å². The fraction of sp³-hybridized carbons (Fsp3) is 0.118. The van der Waals surface area contributed by atoms with Crippen LogP contribution >= 0.6 is 0 Å². The zero-order chi connectivity index (χ0) is 15.4. The Bertz CT molecular complexity index is 788. The van der Waals surface area contributed by atoms with E-state index in [-0.39, 0.29) is 6.04 Å². The van der Waals surface area contributed by atoms with Crippen LogP contribution in [0, 0.1) is 11.3 Å². The Kier molecular flexibility index (Phi) is 3.84. The van der Waals surface area contributed by atoms with E-state index >= 15 is 0 Å². The summed E-state index contributed by atoms with van der Waals surface area (Å²) in [7, 11) is 0. The third-order valence-corrected chi connectivity index (χ3v) is 3.33. The second-order valence-corrected chi connectivity index (χ2v) is 4.89. The minimum absolute atomic E-state index is 0.00830. The number of hydrogen-bond donors (Lipinski definition) is 1. The molecule has 0 saturated carbocycles. The average Bonchev–Trinajstić information content (AvgIpc) is 3.04. The molecule has 0 aliphatic carbocycles. The van der Waals surface area contributed by atoms with Gasteiger partial charge in [0.15, 0.2) is 0 Å². The summed E-state index contributed by atoms with van der Waals surface area (Å²) >= 11 is 0. The molecule has 0 radical (unpaired) electrons. The first-order chi connectivity index (χ1) is 10.8. The van der Waals surface area contributed by atoms with Crippen LogP contribution in [0.1, 0.15) is 24.1 Å². The molecule has 2 aromatic carbocycles. The largest absolute Gasteiger partial charge is 0.345 e. The van der Waals surface area contributed by atoms with Gasteiger partial charge in [0.1, 0.15) is 0 Å². The highest BCUT2D eigenvalue weighted by Crippen LogP contribution is 2.21. The molecule has 1 atom stereocenters. The van der Waals surface area contributed by atoms with Gasteiger partial charge < -0.3 is 9.84 Å². The number of aromatic nitrogens is 2. The van der Waals surface area contributed by atoms with Crippen LogP contribution in [0.3, 0.4) is 0 Å². The van der Waals surface area contributed by atoms with Crippen LogP contribution in [0.25, 0.3) is 11.5 Å². The topological polar surface area (TPSA) is 74.7 Å². The van der Waals surface area contributed by atoms with Crippen molar-refractivity contribution in [2.24, 2.45) is 0 Å². The molecule has 3 aromatic rings. The van der Waals surface area contributed by atoms with Gasteiger partial charge in [0.05, 0.1) is 17.7 Å². The minimum atomic E-state index is 0.00830.